The van der Waals surface area contributed by atoms with Crippen molar-refractivity contribution in [1.82, 2.24) is 15.6 Å². The molecular formula is C14H25Cl2N3OS. The molecule has 1 aromatic heterocycles. The van der Waals surface area contributed by atoms with Crippen molar-refractivity contribution in [3.05, 3.63) is 15.6 Å². The van der Waals surface area contributed by atoms with E-state index >= 15 is 0 Å². The number of nitrogens with one attached hydrogen (secondary N) is 2. The van der Waals surface area contributed by atoms with Crippen LogP contribution < -0.4 is 10.6 Å². The van der Waals surface area contributed by atoms with Crippen LogP contribution in [-0.2, 0) is 6.42 Å². The highest BCUT2D eigenvalue weighted by Gasteiger charge is 2.24. The molecule has 7 heteroatoms. The summed E-state index contributed by atoms with van der Waals surface area (Å²) < 4.78 is 0. The molecule has 2 atom stereocenters. The molecule has 2 rings (SSSR count). The topological polar surface area (TPSA) is 54.0 Å². The van der Waals surface area contributed by atoms with E-state index in [-0.39, 0.29) is 36.8 Å². The van der Waals surface area contributed by atoms with E-state index in [4.69, 9.17) is 0 Å². The van der Waals surface area contributed by atoms with Gasteiger partial charge in [0.15, 0.2) is 0 Å². The minimum Gasteiger partial charge on any atom is -0.348 e. The predicted octanol–water partition coefficient (Wildman–Crippen LogP) is 2.98. The van der Waals surface area contributed by atoms with Crippen molar-refractivity contribution in [1.29, 1.82) is 0 Å². The van der Waals surface area contributed by atoms with E-state index in [2.05, 4.69) is 29.5 Å². The van der Waals surface area contributed by atoms with Crippen LogP contribution in [0.2, 0.25) is 0 Å². The Balaban J connectivity index is 0.00000200. The molecule has 1 aromatic rings. The van der Waals surface area contributed by atoms with Gasteiger partial charge >= 0.3 is 0 Å². The van der Waals surface area contributed by atoms with Crippen molar-refractivity contribution < 1.29 is 4.79 Å². The summed E-state index contributed by atoms with van der Waals surface area (Å²) in [5, 5.41) is 7.59. The highest BCUT2D eigenvalue weighted by atomic mass is 35.5. The van der Waals surface area contributed by atoms with Gasteiger partial charge in [0.05, 0.1) is 10.7 Å². The highest BCUT2D eigenvalue weighted by molar-refractivity contribution is 7.13. The number of hydrogen-bond donors (Lipinski definition) is 2. The lowest BCUT2D eigenvalue weighted by atomic mass is 9.95. The highest BCUT2D eigenvalue weighted by Crippen LogP contribution is 2.20. The van der Waals surface area contributed by atoms with Crippen molar-refractivity contribution in [3.8, 4) is 0 Å². The number of thiazole rings is 1. The van der Waals surface area contributed by atoms with Gasteiger partial charge in [0.2, 0.25) is 0 Å². The first-order chi connectivity index (χ1) is 9.11. The van der Waals surface area contributed by atoms with Crippen LogP contribution in [0, 0.1) is 12.8 Å². The van der Waals surface area contributed by atoms with Gasteiger partial charge < -0.3 is 10.6 Å². The maximum Gasteiger partial charge on any atom is 0.263 e. The molecule has 2 unspecified atom stereocenters. The van der Waals surface area contributed by atoms with Crippen molar-refractivity contribution in [2.24, 2.45) is 5.92 Å². The Morgan fingerprint density at radius 3 is 2.81 bits per heavy atom. The number of piperidine rings is 1. The summed E-state index contributed by atoms with van der Waals surface area (Å²) in [4.78, 5) is 17.6. The fourth-order valence-corrected chi connectivity index (χ4v) is 3.52. The molecular weight excluding hydrogens is 329 g/mol. The van der Waals surface area contributed by atoms with E-state index in [9.17, 15) is 4.79 Å². The number of aryl methyl sites for hydroxylation is 2. The molecule has 1 saturated heterocycles. The monoisotopic (exact) mass is 353 g/mol. The molecule has 0 saturated carbocycles. The second-order valence-corrected chi connectivity index (χ2v) is 6.41. The van der Waals surface area contributed by atoms with Gasteiger partial charge in [-0.3, -0.25) is 4.79 Å². The quantitative estimate of drug-likeness (QED) is 0.874. The Kier molecular flexibility index (Phi) is 9.45. The molecule has 1 aliphatic rings. The summed E-state index contributed by atoms with van der Waals surface area (Å²) in [6.07, 6.45) is 3.04. The van der Waals surface area contributed by atoms with Gasteiger partial charge in [0.25, 0.3) is 5.91 Å². The zero-order valence-corrected chi connectivity index (χ0v) is 15.2. The normalized spacial score (nSPS) is 21.1. The smallest absolute Gasteiger partial charge is 0.263 e. The van der Waals surface area contributed by atoms with E-state index in [0.717, 1.165) is 47.9 Å². The van der Waals surface area contributed by atoms with Gasteiger partial charge in [-0.2, -0.15) is 0 Å². The van der Waals surface area contributed by atoms with Crippen molar-refractivity contribution in [3.63, 3.8) is 0 Å². The van der Waals surface area contributed by atoms with E-state index < -0.39 is 0 Å². The number of carbonyl (C=O) groups is 1. The third kappa shape index (κ3) is 5.40. The first-order valence-corrected chi connectivity index (χ1v) is 7.91. The fourth-order valence-electron chi connectivity index (χ4n) is 2.45. The van der Waals surface area contributed by atoms with Gasteiger partial charge in [0, 0.05) is 6.04 Å². The molecule has 0 radical (unpaired) electrons. The molecule has 1 amide bonds. The van der Waals surface area contributed by atoms with Crippen LogP contribution in [0.25, 0.3) is 0 Å². The molecule has 2 N–H and O–H groups in total. The zero-order valence-electron chi connectivity index (χ0n) is 12.8. The minimum atomic E-state index is 0. The number of carbonyl (C=O) groups excluding carboxylic acids is 1. The number of amides is 1. The molecule has 0 aromatic carbocycles. The molecule has 4 nitrogen and oxygen atoms in total. The predicted molar refractivity (Wildman–Crippen MR) is 93.2 cm³/mol. The Morgan fingerprint density at radius 2 is 2.19 bits per heavy atom. The first-order valence-electron chi connectivity index (χ1n) is 7.09. The third-order valence-corrected chi connectivity index (χ3v) is 4.83. The maximum atomic E-state index is 12.3. The summed E-state index contributed by atoms with van der Waals surface area (Å²) in [6, 6.07) is 0.282. The van der Waals surface area contributed by atoms with Gasteiger partial charge in [0.1, 0.15) is 4.88 Å². The number of hydrogen-bond acceptors (Lipinski definition) is 4. The summed E-state index contributed by atoms with van der Waals surface area (Å²) in [5.41, 5.74) is 0.868. The number of nitrogens with zero attached hydrogens (tertiary/aromatic N) is 1. The molecule has 1 aliphatic heterocycles. The van der Waals surface area contributed by atoms with Crippen LogP contribution in [0.3, 0.4) is 0 Å². The lowest BCUT2D eigenvalue weighted by Gasteiger charge is -2.30. The summed E-state index contributed by atoms with van der Waals surface area (Å²) in [7, 11) is 0. The Morgan fingerprint density at radius 1 is 1.48 bits per heavy atom. The Hall–Kier alpha value is -0.360. The standard InChI is InChI=1S/C14H23N3OS.2ClH/c1-4-5-12-16-10(3)13(19-12)14(18)17-11-6-7-15-8-9(11)2;;/h9,11,15H,4-8H2,1-3H3,(H,17,18);2*1H. The Labute approximate surface area is 143 Å². The molecule has 122 valence electrons. The number of rotatable bonds is 4. The molecule has 1 fully saturated rings. The average Bonchev–Trinajstić information content (AvgIpc) is 2.74. The van der Waals surface area contributed by atoms with E-state index in [1.807, 2.05) is 6.92 Å². The lowest BCUT2D eigenvalue weighted by Crippen LogP contribution is -2.48. The largest absolute Gasteiger partial charge is 0.348 e. The second kappa shape index (κ2) is 9.62. The van der Waals surface area contributed by atoms with Crippen LogP contribution >= 0.6 is 36.2 Å². The van der Waals surface area contributed by atoms with Gasteiger partial charge in [-0.15, -0.1) is 36.2 Å². The van der Waals surface area contributed by atoms with Crippen LogP contribution in [0.5, 0.6) is 0 Å². The van der Waals surface area contributed by atoms with Crippen LogP contribution in [0.15, 0.2) is 0 Å². The average molecular weight is 354 g/mol. The fraction of sp³-hybridized carbons (Fsp3) is 0.714. The van der Waals surface area contributed by atoms with Crippen LogP contribution in [-0.4, -0.2) is 30.0 Å². The molecule has 0 spiro atoms. The minimum absolute atomic E-state index is 0. The molecule has 21 heavy (non-hydrogen) atoms. The summed E-state index contributed by atoms with van der Waals surface area (Å²) in [6.45, 7) is 8.20. The van der Waals surface area contributed by atoms with Gasteiger partial charge in [-0.1, -0.05) is 13.8 Å². The van der Waals surface area contributed by atoms with Crippen molar-refractivity contribution in [2.45, 2.75) is 46.1 Å². The van der Waals surface area contributed by atoms with Crippen LogP contribution in [0.4, 0.5) is 0 Å². The van der Waals surface area contributed by atoms with E-state index in [1.54, 1.807) is 11.3 Å². The van der Waals surface area contributed by atoms with E-state index in [0.29, 0.717) is 5.92 Å². The van der Waals surface area contributed by atoms with Crippen molar-refractivity contribution >= 4 is 42.1 Å². The first kappa shape index (κ1) is 20.6. The van der Waals surface area contributed by atoms with Gasteiger partial charge in [-0.05, 0) is 45.2 Å². The van der Waals surface area contributed by atoms with Crippen LogP contribution in [0.1, 0.15) is 47.1 Å². The SMILES string of the molecule is CCCc1nc(C)c(C(=O)NC2CCNCC2C)s1.Cl.Cl. The Bertz CT molecular complexity index is 453. The number of halogens is 2. The maximum absolute atomic E-state index is 12.3. The van der Waals surface area contributed by atoms with E-state index in [1.165, 1.54) is 0 Å². The summed E-state index contributed by atoms with van der Waals surface area (Å²) in [5.74, 6) is 0.539. The zero-order chi connectivity index (χ0) is 13.8. The number of aromatic nitrogens is 1. The molecule has 2 heterocycles. The third-order valence-electron chi connectivity index (χ3n) is 3.61. The van der Waals surface area contributed by atoms with Crippen molar-refractivity contribution in [2.75, 3.05) is 13.1 Å². The molecule has 0 aliphatic carbocycles. The lowest BCUT2D eigenvalue weighted by molar-refractivity contribution is 0.0917. The summed E-state index contributed by atoms with van der Waals surface area (Å²) >= 11 is 1.54. The second-order valence-electron chi connectivity index (χ2n) is 5.32. The van der Waals surface area contributed by atoms with Gasteiger partial charge in [-0.25, -0.2) is 4.98 Å². The molecule has 0 bridgehead atoms.